The quantitative estimate of drug-likeness (QED) is 0.380. The van der Waals surface area contributed by atoms with E-state index in [2.05, 4.69) is 26.2 Å². The highest BCUT2D eigenvalue weighted by atomic mass is 32.2. The number of nitrogens with zero attached hydrogens (tertiary/aromatic N) is 4. The summed E-state index contributed by atoms with van der Waals surface area (Å²) < 4.78 is 7.27. The van der Waals surface area contributed by atoms with Gasteiger partial charge in [0.2, 0.25) is 17.0 Å². The summed E-state index contributed by atoms with van der Waals surface area (Å²) in [5, 5.41) is 17.7. The number of rotatable bonds is 8. The molecular weight excluding hydrogens is 440 g/mol. The van der Waals surface area contributed by atoms with Crippen molar-refractivity contribution in [2.24, 2.45) is 0 Å². The average Bonchev–Trinajstić information content (AvgIpc) is 3.28. The topological polar surface area (TPSA) is 111 Å². The van der Waals surface area contributed by atoms with Gasteiger partial charge < -0.3 is 15.4 Å². The molecule has 0 aliphatic rings. The number of amides is 2. The maximum atomic E-state index is 12.4. The second-order valence-electron chi connectivity index (χ2n) is 6.88. The molecule has 0 aliphatic heterocycles. The van der Waals surface area contributed by atoms with Crippen LogP contribution in [0, 0.1) is 0 Å². The van der Waals surface area contributed by atoms with Crippen LogP contribution in [0.2, 0.25) is 0 Å². The van der Waals surface area contributed by atoms with Crippen molar-refractivity contribution in [3.63, 3.8) is 0 Å². The number of tetrazole rings is 1. The Labute approximate surface area is 194 Å². The molecule has 0 atom stereocenters. The summed E-state index contributed by atoms with van der Waals surface area (Å²) in [7, 11) is 0. The third-order valence-corrected chi connectivity index (χ3v) is 5.22. The van der Waals surface area contributed by atoms with Gasteiger partial charge in [-0.25, -0.2) is 0 Å². The standard InChI is InChI=1S/C23H20N6O3S/c1-16(30)24-18-6-5-7-19(14-18)29-23(26-27-28-29)33-15-22(31)25-17-10-12-21(13-11-17)32-20-8-3-2-4-9-20/h2-14H,15H2,1H3,(H,24,30)(H,25,31). The number of hydrogen-bond donors (Lipinski definition) is 2. The minimum absolute atomic E-state index is 0.119. The van der Waals surface area contributed by atoms with E-state index in [9.17, 15) is 9.59 Å². The van der Waals surface area contributed by atoms with E-state index < -0.39 is 0 Å². The van der Waals surface area contributed by atoms with Crippen LogP contribution >= 0.6 is 11.8 Å². The predicted molar refractivity (Wildman–Crippen MR) is 126 cm³/mol. The summed E-state index contributed by atoms with van der Waals surface area (Å²) >= 11 is 1.20. The lowest BCUT2D eigenvalue weighted by Crippen LogP contribution is -2.14. The Balaban J connectivity index is 1.34. The van der Waals surface area contributed by atoms with E-state index in [-0.39, 0.29) is 17.6 Å². The van der Waals surface area contributed by atoms with Gasteiger partial charge >= 0.3 is 0 Å². The van der Waals surface area contributed by atoms with E-state index in [1.807, 2.05) is 36.4 Å². The molecule has 4 rings (SSSR count). The summed E-state index contributed by atoms with van der Waals surface area (Å²) in [6.07, 6.45) is 0. The maximum Gasteiger partial charge on any atom is 0.234 e. The van der Waals surface area contributed by atoms with Gasteiger partial charge in [-0.2, -0.15) is 4.68 Å². The first-order valence-electron chi connectivity index (χ1n) is 9.99. The Morgan fingerprint density at radius 3 is 2.42 bits per heavy atom. The molecule has 166 valence electrons. The Bertz CT molecular complexity index is 1240. The van der Waals surface area contributed by atoms with Gasteiger partial charge in [-0.3, -0.25) is 9.59 Å². The third-order valence-electron chi connectivity index (χ3n) is 4.30. The van der Waals surface area contributed by atoms with Crippen molar-refractivity contribution in [1.82, 2.24) is 20.2 Å². The average molecular weight is 461 g/mol. The number of para-hydroxylation sites is 1. The Kier molecular flexibility index (Phi) is 6.96. The Morgan fingerprint density at radius 2 is 1.67 bits per heavy atom. The lowest BCUT2D eigenvalue weighted by molar-refractivity contribution is -0.114. The van der Waals surface area contributed by atoms with Crippen molar-refractivity contribution in [3.8, 4) is 17.2 Å². The number of hydrogen-bond acceptors (Lipinski definition) is 7. The third kappa shape index (κ3) is 6.17. The van der Waals surface area contributed by atoms with Gasteiger partial charge in [-0.15, -0.1) is 5.10 Å². The molecule has 10 heteroatoms. The molecule has 0 radical (unpaired) electrons. The predicted octanol–water partition coefficient (Wildman–Crippen LogP) is 4.14. The summed E-state index contributed by atoms with van der Waals surface area (Å²) in [6, 6.07) is 23.7. The van der Waals surface area contributed by atoms with Crippen molar-refractivity contribution < 1.29 is 14.3 Å². The van der Waals surface area contributed by atoms with E-state index in [0.717, 1.165) is 5.75 Å². The van der Waals surface area contributed by atoms with E-state index >= 15 is 0 Å². The smallest absolute Gasteiger partial charge is 0.234 e. The molecule has 3 aromatic carbocycles. The minimum Gasteiger partial charge on any atom is -0.457 e. The summed E-state index contributed by atoms with van der Waals surface area (Å²) in [4.78, 5) is 23.7. The molecule has 0 spiro atoms. The molecule has 1 aromatic heterocycles. The zero-order chi connectivity index (χ0) is 23.0. The number of ether oxygens (including phenoxy) is 1. The Hall–Kier alpha value is -4.18. The number of carbonyl (C=O) groups is 2. The largest absolute Gasteiger partial charge is 0.457 e. The molecule has 0 fully saturated rings. The van der Waals surface area contributed by atoms with Crippen LogP contribution in [-0.4, -0.2) is 37.8 Å². The van der Waals surface area contributed by atoms with Gasteiger partial charge in [0.1, 0.15) is 11.5 Å². The van der Waals surface area contributed by atoms with Crippen molar-refractivity contribution in [2.45, 2.75) is 12.1 Å². The van der Waals surface area contributed by atoms with Gasteiger partial charge in [0.05, 0.1) is 11.4 Å². The van der Waals surface area contributed by atoms with Gasteiger partial charge in [0.25, 0.3) is 0 Å². The van der Waals surface area contributed by atoms with Crippen LogP contribution < -0.4 is 15.4 Å². The SMILES string of the molecule is CC(=O)Nc1cccc(-n2nnnc2SCC(=O)Nc2ccc(Oc3ccccc3)cc2)c1. The van der Waals surface area contributed by atoms with Crippen LogP contribution in [0.15, 0.2) is 84.0 Å². The zero-order valence-corrected chi connectivity index (χ0v) is 18.5. The highest BCUT2D eigenvalue weighted by molar-refractivity contribution is 7.99. The van der Waals surface area contributed by atoms with Gasteiger partial charge in [-0.1, -0.05) is 36.0 Å². The first-order chi connectivity index (χ1) is 16.1. The molecule has 33 heavy (non-hydrogen) atoms. The van der Waals surface area contributed by atoms with Crippen molar-refractivity contribution in [2.75, 3.05) is 16.4 Å². The first kappa shape index (κ1) is 22.0. The molecule has 0 bridgehead atoms. The minimum atomic E-state index is -0.196. The lowest BCUT2D eigenvalue weighted by atomic mass is 10.3. The first-order valence-corrected chi connectivity index (χ1v) is 11.0. The van der Waals surface area contributed by atoms with Crippen molar-refractivity contribution in [3.05, 3.63) is 78.9 Å². The van der Waals surface area contributed by atoms with Gasteiger partial charge in [-0.05, 0) is 65.0 Å². The molecule has 2 amide bonds. The number of benzene rings is 3. The molecule has 2 N–H and O–H groups in total. The second-order valence-corrected chi connectivity index (χ2v) is 7.82. The summed E-state index contributed by atoms with van der Waals surface area (Å²) in [5.74, 6) is 1.17. The number of aromatic nitrogens is 4. The van der Waals surface area contributed by atoms with Crippen LogP contribution in [-0.2, 0) is 9.59 Å². The molecule has 9 nitrogen and oxygen atoms in total. The van der Waals surface area contributed by atoms with Crippen molar-refractivity contribution >= 4 is 35.0 Å². The fraction of sp³-hybridized carbons (Fsp3) is 0.0870. The fourth-order valence-corrected chi connectivity index (χ4v) is 3.60. The van der Waals surface area contributed by atoms with Crippen molar-refractivity contribution in [1.29, 1.82) is 0 Å². The normalized spacial score (nSPS) is 10.5. The van der Waals surface area contributed by atoms with E-state index in [4.69, 9.17) is 4.74 Å². The maximum absolute atomic E-state index is 12.4. The number of nitrogens with one attached hydrogen (secondary N) is 2. The number of anilines is 2. The highest BCUT2D eigenvalue weighted by Gasteiger charge is 2.12. The van der Waals surface area contributed by atoms with E-state index in [1.165, 1.54) is 23.4 Å². The molecular formula is C23H20N6O3S. The highest BCUT2D eigenvalue weighted by Crippen LogP contribution is 2.24. The monoisotopic (exact) mass is 460 g/mol. The second kappa shape index (κ2) is 10.4. The molecule has 0 unspecified atom stereocenters. The Morgan fingerprint density at radius 1 is 0.909 bits per heavy atom. The number of thioether (sulfide) groups is 1. The fourth-order valence-electron chi connectivity index (χ4n) is 2.91. The zero-order valence-electron chi connectivity index (χ0n) is 17.6. The molecule has 0 saturated heterocycles. The van der Waals surface area contributed by atoms with Crippen LogP contribution in [0.5, 0.6) is 11.5 Å². The van der Waals surface area contributed by atoms with Crippen LogP contribution in [0.1, 0.15) is 6.92 Å². The van der Waals surface area contributed by atoms with E-state index in [0.29, 0.717) is 28.0 Å². The molecule has 1 heterocycles. The van der Waals surface area contributed by atoms with Gasteiger partial charge in [0, 0.05) is 18.3 Å². The lowest BCUT2D eigenvalue weighted by Gasteiger charge is -2.09. The number of carbonyl (C=O) groups excluding carboxylic acids is 2. The van der Waals surface area contributed by atoms with Crippen LogP contribution in [0.25, 0.3) is 5.69 Å². The van der Waals surface area contributed by atoms with Gasteiger partial charge in [0.15, 0.2) is 0 Å². The van der Waals surface area contributed by atoms with E-state index in [1.54, 1.807) is 42.5 Å². The summed E-state index contributed by atoms with van der Waals surface area (Å²) in [5.41, 5.74) is 1.95. The van der Waals surface area contributed by atoms with Crippen LogP contribution in [0.3, 0.4) is 0 Å². The molecule has 4 aromatic rings. The summed E-state index contributed by atoms with van der Waals surface area (Å²) in [6.45, 7) is 1.44. The molecule has 0 saturated carbocycles. The van der Waals surface area contributed by atoms with Crippen LogP contribution in [0.4, 0.5) is 11.4 Å². The molecule has 0 aliphatic carbocycles.